The first-order valence-electron chi connectivity index (χ1n) is 9.61. The van der Waals surface area contributed by atoms with Crippen LogP contribution in [0.25, 0.3) is 0 Å². The molecule has 0 fully saturated rings. The second kappa shape index (κ2) is 18.4. The predicted octanol–water partition coefficient (Wildman–Crippen LogP) is 7.00. The summed E-state index contributed by atoms with van der Waals surface area (Å²) in [4.78, 5) is 0.0610. The van der Waals surface area contributed by atoms with Gasteiger partial charge >= 0.3 is 0 Å². The van der Waals surface area contributed by atoms with Crippen molar-refractivity contribution in [1.82, 2.24) is 0 Å². The van der Waals surface area contributed by atoms with Crippen LogP contribution in [0.1, 0.15) is 76.7 Å². The summed E-state index contributed by atoms with van der Waals surface area (Å²) in [5.41, 5.74) is 0.726. The zero-order chi connectivity index (χ0) is 20.3. The van der Waals surface area contributed by atoms with E-state index in [1.807, 2.05) is 6.07 Å². The highest BCUT2D eigenvalue weighted by atomic mass is 32.2. The van der Waals surface area contributed by atoms with Crippen LogP contribution < -0.4 is 0 Å². The third-order valence-corrected chi connectivity index (χ3v) is 5.00. The maximum atomic E-state index is 11.3. The number of benzene rings is 1. The summed E-state index contributed by atoms with van der Waals surface area (Å²) in [6.07, 6.45) is 13.3. The van der Waals surface area contributed by atoms with Crippen molar-refractivity contribution >= 4 is 10.1 Å². The van der Waals surface area contributed by atoms with Gasteiger partial charge in [-0.3, -0.25) is 4.55 Å². The van der Waals surface area contributed by atoms with Gasteiger partial charge in [-0.25, -0.2) is 0 Å². The molecular weight excluding hydrogens is 344 g/mol. The lowest BCUT2D eigenvalue weighted by Gasteiger charge is -2.07. The molecule has 0 aliphatic heterocycles. The lowest BCUT2D eigenvalue weighted by Crippen LogP contribution is -2.03. The van der Waals surface area contributed by atoms with Crippen molar-refractivity contribution in [2.45, 2.75) is 82.4 Å². The second-order valence-electron chi connectivity index (χ2n) is 6.01. The third-order valence-electron chi connectivity index (χ3n) is 4.05. The van der Waals surface area contributed by atoms with Gasteiger partial charge in [0.15, 0.2) is 0 Å². The normalized spacial score (nSPS) is 10.2. The van der Waals surface area contributed by atoms with E-state index in [0.717, 1.165) is 18.4 Å². The van der Waals surface area contributed by atoms with Gasteiger partial charge in [0, 0.05) is 0 Å². The fraction of sp³-hybridized carbons (Fsp3) is 0.545. The molecule has 0 amide bonds. The summed E-state index contributed by atoms with van der Waals surface area (Å²) >= 11 is 0. The zero-order valence-corrected chi connectivity index (χ0v) is 17.4. The molecule has 1 N–H and O–H groups in total. The molecule has 26 heavy (non-hydrogen) atoms. The summed E-state index contributed by atoms with van der Waals surface area (Å²) < 4.78 is 31.8. The van der Waals surface area contributed by atoms with Gasteiger partial charge in [-0.15, -0.1) is 26.3 Å². The van der Waals surface area contributed by atoms with E-state index in [1.54, 1.807) is 12.1 Å². The van der Waals surface area contributed by atoms with Gasteiger partial charge in [0.1, 0.15) is 0 Å². The van der Waals surface area contributed by atoms with E-state index in [0.29, 0.717) is 6.42 Å². The van der Waals surface area contributed by atoms with E-state index in [4.69, 9.17) is 0 Å². The monoisotopic (exact) mass is 382 g/mol. The summed E-state index contributed by atoms with van der Waals surface area (Å²) in [7, 11) is -4.10. The molecule has 1 aromatic rings. The van der Waals surface area contributed by atoms with Crippen LogP contribution in [-0.4, -0.2) is 13.0 Å². The molecule has 0 bridgehead atoms. The van der Waals surface area contributed by atoms with Crippen molar-refractivity contribution in [3.63, 3.8) is 0 Å². The standard InChI is InChI=1S/C18H30O3S.2C2H4/c1-2-3-4-5-6-7-8-9-10-11-14-17-15-12-13-16-18(17)22(19,20)21;2*1-2/h12-13,15-16H,2-11,14H2,1H3,(H,19,20,21);2*1-2H2. The molecule has 4 heteroatoms. The Labute approximate surface area is 162 Å². The van der Waals surface area contributed by atoms with E-state index in [-0.39, 0.29) is 4.90 Å². The largest absolute Gasteiger partial charge is 0.294 e. The van der Waals surface area contributed by atoms with Gasteiger partial charge in [-0.2, -0.15) is 8.42 Å². The van der Waals surface area contributed by atoms with Crippen LogP contribution in [0.4, 0.5) is 0 Å². The summed E-state index contributed by atoms with van der Waals surface area (Å²) in [6.45, 7) is 14.2. The van der Waals surface area contributed by atoms with Crippen molar-refractivity contribution in [3.05, 3.63) is 56.1 Å². The van der Waals surface area contributed by atoms with Crippen molar-refractivity contribution in [2.24, 2.45) is 0 Å². The lowest BCUT2D eigenvalue weighted by atomic mass is 10.0. The molecule has 1 rings (SSSR count). The average Bonchev–Trinajstić information content (AvgIpc) is 2.66. The molecule has 0 spiro atoms. The van der Waals surface area contributed by atoms with Crippen molar-refractivity contribution in [1.29, 1.82) is 0 Å². The van der Waals surface area contributed by atoms with Crippen molar-refractivity contribution in [2.75, 3.05) is 0 Å². The Morgan fingerprint density at radius 2 is 1.19 bits per heavy atom. The molecule has 0 aromatic heterocycles. The molecule has 0 saturated heterocycles. The van der Waals surface area contributed by atoms with E-state index >= 15 is 0 Å². The maximum absolute atomic E-state index is 11.3. The van der Waals surface area contributed by atoms with Crippen LogP contribution in [0.3, 0.4) is 0 Å². The van der Waals surface area contributed by atoms with Crippen LogP contribution in [-0.2, 0) is 16.5 Å². The number of aryl methyl sites for hydroxylation is 1. The van der Waals surface area contributed by atoms with Gasteiger partial charge in [0.05, 0.1) is 4.90 Å². The van der Waals surface area contributed by atoms with Crippen LogP contribution in [0.15, 0.2) is 55.5 Å². The van der Waals surface area contributed by atoms with Crippen molar-refractivity contribution < 1.29 is 13.0 Å². The van der Waals surface area contributed by atoms with Gasteiger partial charge in [0.2, 0.25) is 0 Å². The van der Waals surface area contributed by atoms with Crippen LogP contribution in [0.5, 0.6) is 0 Å². The fourth-order valence-electron chi connectivity index (χ4n) is 2.76. The zero-order valence-electron chi connectivity index (χ0n) is 16.6. The first-order valence-corrected chi connectivity index (χ1v) is 11.0. The molecule has 0 radical (unpaired) electrons. The number of hydrogen-bond acceptors (Lipinski definition) is 2. The number of hydrogen-bond donors (Lipinski definition) is 1. The fourth-order valence-corrected chi connectivity index (χ4v) is 3.52. The topological polar surface area (TPSA) is 54.4 Å². The Kier molecular flexibility index (Phi) is 19.0. The number of unbranched alkanes of at least 4 members (excludes halogenated alkanes) is 9. The minimum absolute atomic E-state index is 0.0610. The molecule has 0 aliphatic rings. The van der Waals surface area contributed by atoms with E-state index in [1.165, 1.54) is 57.4 Å². The molecule has 0 aliphatic carbocycles. The van der Waals surface area contributed by atoms with Crippen molar-refractivity contribution in [3.8, 4) is 0 Å². The molecule has 1 aromatic carbocycles. The molecular formula is C22H38O3S. The smallest absolute Gasteiger partial charge is 0.282 e. The molecule has 0 saturated carbocycles. The Balaban J connectivity index is 0. The molecule has 0 heterocycles. The Morgan fingerprint density at radius 1 is 0.769 bits per heavy atom. The van der Waals surface area contributed by atoms with Crippen LogP contribution >= 0.6 is 0 Å². The number of rotatable bonds is 12. The molecule has 0 atom stereocenters. The maximum Gasteiger partial charge on any atom is 0.294 e. The van der Waals surface area contributed by atoms with E-state index < -0.39 is 10.1 Å². The van der Waals surface area contributed by atoms with E-state index in [2.05, 4.69) is 33.2 Å². The Morgan fingerprint density at radius 3 is 1.65 bits per heavy atom. The van der Waals surface area contributed by atoms with Gasteiger partial charge in [0.25, 0.3) is 10.1 Å². The van der Waals surface area contributed by atoms with Crippen LogP contribution in [0.2, 0.25) is 0 Å². The predicted molar refractivity (Wildman–Crippen MR) is 114 cm³/mol. The first-order chi connectivity index (χ1) is 12.6. The van der Waals surface area contributed by atoms with Gasteiger partial charge < -0.3 is 0 Å². The second-order valence-corrected chi connectivity index (χ2v) is 7.40. The molecule has 150 valence electrons. The first kappa shape index (κ1) is 26.8. The average molecular weight is 383 g/mol. The SMILES string of the molecule is C=C.C=C.CCCCCCCCCCCCc1ccccc1S(=O)(=O)O. The minimum atomic E-state index is -4.10. The molecule has 3 nitrogen and oxygen atoms in total. The Bertz CT molecular complexity index is 536. The van der Waals surface area contributed by atoms with E-state index in [9.17, 15) is 13.0 Å². The summed E-state index contributed by atoms with van der Waals surface area (Å²) in [5, 5.41) is 0. The Hall–Kier alpha value is -1.39. The minimum Gasteiger partial charge on any atom is -0.282 e. The third kappa shape index (κ3) is 13.9. The highest BCUT2D eigenvalue weighted by Gasteiger charge is 2.13. The quantitative estimate of drug-likeness (QED) is 0.240. The van der Waals surface area contributed by atoms with Crippen LogP contribution in [0, 0.1) is 0 Å². The van der Waals surface area contributed by atoms with Gasteiger partial charge in [-0.1, -0.05) is 82.9 Å². The van der Waals surface area contributed by atoms with Gasteiger partial charge in [-0.05, 0) is 24.5 Å². The highest BCUT2D eigenvalue weighted by Crippen LogP contribution is 2.18. The lowest BCUT2D eigenvalue weighted by molar-refractivity contribution is 0.481. The highest BCUT2D eigenvalue weighted by molar-refractivity contribution is 7.85. The summed E-state index contributed by atoms with van der Waals surface area (Å²) in [6, 6.07) is 6.73. The molecule has 0 unspecified atom stereocenters. The summed E-state index contributed by atoms with van der Waals surface area (Å²) in [5.74, 6) is 0.